The summed E-state index contributed by atoms with van der Waals surface area (Å²) < 4.78 is 50.3. The SMILES string of the molecule is O=C(Nc1cccnc1)C1CN(C(=O)Nc2ccc(F)cc2)CC12CCOCC2.O=C(O)C(F)(F)F. The first-order valence-corrected chi connectivity index (χ1v) is 10.9. The summed E-state index contributed by atoms with van der Waals surface area (Å²) in [6.07, 6.45) is -0.397. The second kappa shape index (κ2) is 11.3. The summed E-state index contributed by atoms with van der Waals surface area (Å²) in [5.41, 5.74) is 0.833. The molecule has 3 N–H and O–H groups in total. The maximum atomic E-state index is 13.1. The van der Waals surface area contributed by atoms with Crippen LogP contribution in [-0.4, -0.2) is 65.4 Å². The molecule has 0 radical (unpaired) electrons. The minimum absolute atomic E-state index is 0.114. The molecule has 3 heterocycles. The predicted molar refractivity (Wildman–Crippen MR) is 120 cm³/mol. The lowest BCUT2D eigenvalue weighted by Gasteiger charge is -2.37. The van der Waals surface area contributed by atoms with Crippen molar-refractivity contribution in [2.24, 2.45) is 11.3 Å². The van der Waals surface area contributed by atoms with Gasteiger partial charge in [0.25, 0.3) is 0 Å². The van der Waals surface area contributed by atoms with Gasteiger partial charge in [0.2, 0.25) is 5.91 Å². The number of amides is 3. The Labute approximate surface area is 203 Å². The van der Waals surface area contributed by atoms with Gasteiger partial charge in [-0.1, -0.05) is 0 Å². The molecule has 1 unspecified atom stereocenters. The first kappa shape index (κ1) is 26.9. The normalized spacial score (nSPS) is 18.7. The van der Waals surface area contributed by atoms with Gasteiger partial charge < -0.3 is 25.4 Å². The number of likely N-dealkylation sites (tertiary alicyclic amines) is 1. The van der Waals surface area contributed by atoms with Crippen molar-refractivity contribution in [3.05, 3.63) is 54.6 Å². The Kier molecular flexibility index (Phi) is 8.45. The van der Waals surface area contributed by atoms with Gasteiger partial charge in [-0.3, -0.25) is 9.78 Å². The van der Waals surface area contributed by atoms with Crippen molar-refractivity contribution < 1.29 is 41.8 Å². The zero-order valence-corrected chi connectivity index (χ0v) is 18.9. The van der Waals surface area contributed by atoms with Gasteiger partial charge in [0.05, 0.1) is 17.8 Å². The summed E-state index contributed by atoms with van der Waals surface area (Å²) >= 11 is 0. The van der Waals surface area contributed by atoms with E-state index in [2.05, 4.69) is 15.6 Å². The number of hydrogen-bond donors (Lipinski definition) is 3. The Morgan fingerprint density at radius 3 is 2.25 bits per heavy atom. The Hall–Kier alpha value is -3.74. The van der Waals surface area contributed by atoms with Gasteiger partial charge in [0.1, 0.15) is 5.82 Å². The first-order chi connectivity index (χ1) is 17.0. The number of carbonyl (C=O) groups is 3. The van der Waals surface area contributed by atoms with Gasteiger partial charge in [-0.2, -0.15) is 13.2 Å². The fourth-order valence-electron chi connectivity index (χ4n) is 4.17. The first-order valence-electron chi connectivity index (χ1n) is 10.9. The number of ether oxygens (including phenoxy) is 1. The van der Waals surface area contributed by atoms with E-state index in [1.54, 1.807) is 29.4 Å². The zero-order chi connectivity index (χ0) is 26.3. The van der Waals surface area contributed by atoms with E-state index in [0.29, 0.717) is 37.7 Å². The minimum Gasteiger partial charge on any atom is -0.475 e. The van der Waals surface area contributed by atoms with Crippen molar-refractivity contribution >= 4 is 29.3 Å². The number of carboxylic acids is 1. The van der Waals surface area contributed by atoms with Crippen LogP contribution in [0.2, 0.25) is 0 Å². The molecular formula is C23H24F4N4O5. The summed E-state index contributed by atoms with van der Waals surface area (Å²) in [6.45, 7) is 1.95. The standard InChI is InChI=1S/C21H23FN4O3.C2HF3O2/c22-15-3-5-16(6-4-15)25-20(28)26-13-18(21(14-26)7-10-29-11-8-21)19(27)24-17-2-1-9-23-12-17;3-2(4,5)1(6)7/h1-6,9,12,18H,7-8,10-11,13-14H2,(H,24,27)(H,25,28);(H,6,7). The van der Waals surface area contributed by atoms with E-state index in [1.807, 2.05) is 0 Å². The third kappa shape index (κ3) is 6.90. The topological polar surface area (TPSA) is 121 Å². The number of halogens is 4. The molecule has 9 nitrogen and oxygen atoms in total. The van der Waals surface area contributed by atoms with E-state index in [1.165, 1.54) is 24.3 Å². The number of nitrogens with zero attached hydrogens (tertiary/aromatic N) is 2. The lowest BCUT2D eigenvalue weighted by atomic mass is 9.71. The Morgan fingerprint density at radius 1 is 1.06 bits per heavy atom. The molecule has 4 rings (SSSR count). The molecule has 1 spiro atoms. The number of pyridine rings is 1. The number of aromatic nitrogens is 1. The molecule has 3 amide bonds. The largest absolute Gasteiger partial charge is 0.490 e. The number of aliphatic carboxylic acids is 1. The van der Waals surface area contributed by atoms with Crippen LogP contribution < -0.4 is 10.6 Å². The summed E-state index contributed by atoms with van der Waals surface area (Å²) in [7, 11) is 0. The maximum absolute atomic E-state index is 13.1. The molecule has 194 valence electrons. The number of carbonyl (C=O) groups excluding carboxylic acids is 2. The number of rotatable bonds is 3. The van der Waals surface area contributed by atoms with Crippen molar-refractivity contribution in [2.75, 3.05) is 36.9 Å². The van der Waals surface area contributed by atoms with Crippen LogP contribution in [0, 0.1) is 17.2 Å². The molecular weight excluding hydrogens is 488 g/mol. The van der Waals surface area contributed by atoms with Gasteiger partial charge in [-0.05, 0) is 49.2 Å². The van der Waals surface area contributed by atoms with E-state index in [0.717, 1.165) is 12.8 Å². The number of carboxylic acid groups (broad SMARTS) is 1. The minimum atomic E-state index is -5.08. The number of anilines is 2. The van der Waals surface area contributed by atoms with Gasteiger partial charge in [-0.15, -0.1) is 0 Å². The zero-order valence-electron chi connectivity index (χ0n) is 18.9. The van der Waals surface area contributed by atoms with Crippen LogP contribution >= 0.6 is 0 Å². The van der Waals surface area contributed by atoms with Gasteiger partial charge in [0.15, 0.2) is 0 Å². The highest BCUT2D eigenvalue weighted by Crippen LogP contribution is 2.45. The van der Waals surface area contributed by atoms with Crippen molar-refractivity contribution in [3.63, 3.8) is 0 Å². The lowest BCUT2D eigenvalue weighted by Crippen LogP contribution is -2.42. The van der Waals surface area contributed by atoms with Crippen LogP contribution in [-0.2, 0) is 14.3 Å². The third-order valence-electron chi connectivity index (χ3n) is 6.01. The van der Waals surface area contributed by atoms with Crippen LogP contribution in [0.1, 0.15) is 12.8 Å². The Balaban J connectivity index is 0.000000454. The van der Waals surface area contributed by atoms with Gasteiger partial charge in [0, 0.05) is 43.6 Å². The maximum Gasteiger partial charge on any atom is 0.490 e. The quantitative estimate of drug-likeness (QED) is 0.539. The Bertz CT molecular complexity index is 1060. The molecule has 0 saturated carbocycles. The van der Waals surface area contributed by atoms with E-state index >= 15 is 0 Å². The predicted octanol–water partition coefficient (Wildman–Crippen LogP) is 3.75. The molecule has 36 heavy (non-hydrogen) atoms. The van der Waals surface area contributed by atoms with Crippen LogP contribution in [0.4, 0.5) is 33.7 Å². The van der Waals surface area contributed by atoms with Crippen molar-refractivity contribution in [2.45, 2.75) is 19.0 Å². The smallest absolute Gasteiger partial charge is 0.475 e. The number of benzene rings is 1. The van der Waals surface area contributed by atoms with Crippen molar-refractivity contribution in [1.82, 2.24) is 9.88 Å². The average molecular weight is 512 g/mol. The van der Waals surface area contributed by atoms with E-state index in [4.69, 9.17) is 14.6 Å². The summed E-state index contributed by atoms with van der Waals surface area (Å²) in [5.74, 6) is -3.58. The highest BCUT2D eigenvalue weighted by molar-refractivity contribution is 5.95. The van der Waals surface area contributed by atoms with Crippen molar-refractivity contribution in [1.29, 1.82) is 0 Å². The molecule has 2 aromatic rings. The molecule has 2 saturated heterocycles. The molecule has 2 fully saturated rings. The monoisotopic (exact) mass is 512 g/mol. The van der Waals surface area contributed by atoms with E-state index in [-0.39, 0.29) is 29.1 Å². The molecule has 1 atom stereocenters. The Morgan fingerprint density at radius 2 is 1.69 bits per heavy atom. The number of hydrogen-bond acceptors (Lipinski definition) is 5. The second-order valence-electron chi connectivity index (χ2n) is 8.38. The number of nitrogens with one attached hydrogen (secondary N) is 2. The van der Waals surface area contributed by atoms with Crippen LogP contribution in [0.5, 0.6) is 0 Å². The van der Waals surface area contributed by atoms with E-state index < -0.39 is 12.1 Å². The number of urea groups is 1. The average Bonchev–Trinajstić information content (AvgIpc) is 3.20. The molecule has 0 bridgehead atoms. The summed E-state index contributed by atoms with van der Waals surface area (Å²) in [6, 6.07) is 8.87. The molecule has 0 aliphatic carbocycles. The summed E-state index contributed by atoms with van der Waals surface area (Å²) in [5, 5.41) is 12.8. The molecule has 13 heteroatoms. The summed E-state index contributed by atoms with van der Waals surface area (Å²) in [4.78, 5) is 40.5. The van der Waals surface area contributed by atoms with Crippen LogP contribution in [0.25, 0.3) is 0 Å². The molecule has 1 aromatic heterocycles. The number of alkyl halides is 3. The van der Waals surface area contributed by atoms with Gasteiger partial charge >= 0.3 is 18.2 Å². The molecule has 1 aromatic carbocycles. The van der Waals surface area contributed by atoms with E-state index in [9.17, 15) is 27.2 Å². The second-order valence-corrected chi connectivity index (χ2v) is 8.38. The lowest BCUT2D eigenvalue weighted by molar-refractivity contribution is -0.192. The highest BCUT2D eigenvalue weighted by Gasteiger charge is 2.51. The fraction of sp³-hybridized carbons (Fsp3) is 0.391. The van der Waals surface area contributed by atoms with Crippen LogP contribution in [0.15, 0.2) is 48.8 Å². The van der Waals surface area contributed by atoms with Gasteiger partial charge in [-0.25, -0.2) is 14.0 Å². The fourth-order valence-corrected chi connectivity index (χ4v) is 4.17. The van der Waals surface area contributed by atoms with Crippen LogP contribution in [0.3, 0.4) is 0 Å². The third-order valence-corrected chi connectivity index (χ3v) is 6.01. The highest BCUT2D eigenvalue weighted by atomic mass is 19.4. The molecule has 2 aliphatic heterocycles. The van der Waals surface area contributed by atoms with Crippen molar-refractivity contribution in [3.8, 4) is 0 Å². The molecule has 2 aliphatic rings.